The fourth-order valence-corrected chi connectivity index (χ4v) is 6.64. The topological polar surface area (TPSA) is 116 Å². The molecule has 1 heterocycles. The summed E-state index contributed by atoms with van der Waals surface area (Å²) in [7, 11) is 0. The third kappa shape index (κ3) is 7.76. The predicted octanol–water partition coefficient (Wildman–Crippen LogP) is 4.66. The van der Waals surface area contributed by atoms with Crippen LogP contribution in [0.5, 0.6) is 0 Å². The second-order valence-electron chi connectivity index (χ2n) is 12.0. The zero-order chi connectivity index (χ0) is 32.6. The smallest absolute Gasteiger partial charge is 0.250 e. The van der Waals surface area contributed by atoms with E-state index in [4.69, 9.17) is 17.3 Å². The summed E-state index contributed by atoms with van der Waals surface area (Å²) in [6.45, 7) is 2.44. The van der Waals surface area contributed by atoms with Crippen LogP contribution in [0.1, 0.15) is 42.5 Å². The molecule has 9 heteroatoms. The highest BCUT2D eigenvalue weighted by Crippen LogP contribution is 2.33. The monoisotopic (exact) mass is 640 g/mol. The van der Waals surface area contributed by atoms with Crippen LogP contribution in [-0.4, -0.2) is 70.4 Å². The molecular formula is C37H41ClN4O4. The number of nitrogens with zero attached hydrogens (tertiary/aromatic N) is 2. The maximum atomic E-state index is 14.6. The maximum absolute atomic E-state index is 14.6. The fourth-order valence-electron chi connectivity index (χ4n) is 6.44. The van der Waals surface area contributed by atoms with Crippen molar-refractivity contribution in [2.75, 3.05) is 19.7 Å². The number of fused-ring (bicyclic) bond motifs is 1. The Labute approximate surface area is 275 Å². The van der Waals surface area contributed by atoms with Gasteiger partial charge < -0.3 is 26.0 Å². The van der Waals surface area contributed by atoms with Crippen molar-refractivity contribution in [1.82, 2.24) is 15.1 Å². The number of halogens is 1. The normalized spacial score (nSPS) is 18.3. The number of benzene rings is 4. The summed E-state index contributed by atoms with van der Waals surface area (Å²) in [4.78, 5) is 44.8. The van der Waals surface area contributed by atoms with Crippen molar-refractivity contribution >= 4 is 40.1 Å². The number of hydrogen-bond acceptors (Lipinski definition) is 5. The molecule has 2 unspecified atom stereocenters. The van der Waals surface area contributed by atoms with Crippen LogP contribution in [0.25, 0.3) is 10.8 Å². The molecule has 4 aromatic carbocycles. The first kappa shape index (κ1) is 33.1. The number of hydrogen-bond donors (Lipinski definition) is 3. The molecule has 46 heavy (non-hydrogen) atoms. The zero-order valence-electron chi connectivity index (χ0n) is 26.0. The van der Waals surface area contributed by atoms with Crippen LogP contribution in [-0.2, 0) is 27.2 Å². The van der Waals surface area contributed by atoms with Crippen molar-refractivity contribution in [2.24, 2.45) is 5.73 Å². The lowest BCUT2D eigenvalue weighted by molar-refractivity contribution is -0.148. The summed E-state index contributed by atoms with van der Waals surface area (Å²) in [6, 6.07) is 28.2. The number of nitrogens with one attached hydrogen (secondary N) is 1. The lowest BCUT2D eigenvalue weighted by Crippen LogP contribution is -2.52. The summed E-state index contributed by atoms with van der Waals surface area (Å²) in [5.41, 5.74) is 8.58. The summed E-state index contributed by atoms with van der Waals surface area (Å²) in [6.07, 6.45) is 1.46. The molecule has 1 aliphatic heterocycles. The van der Waals surface area contributed by atoms with Crippen LogP contribution in [0.3, 0.4) is 0 Å². The number of amides is 3. The van der Waals surface area contributed by atoms with Gasteiger partial charge in [-0.1, -0.05) is 96.5 Å². The number of aliphatic hydroxyl groups is 1. The van der Waals surface area contributed by atoms with E-state index >= 15 is 0 Å². The fraction of sp³-hybridized carbons (Fsp3) is 0.324. The number of rotatable bonds is 12. The lowest BCUT2D eigenvalue weighted by atomic mass is 9.96. The molecule has 0 spiro atoms. The molecule has 0 aliphatic carbocycles. The highest BCUT2D eigenvalue weighted by atomic mass is 35.5. The standard InChI is InChI=1S/C37H41ClN4O4/c1-25-18-20-41(33(36(39)45)23-28-13-7-12-27-11-5-6-16-32(27)28)37(46)35(29-14-8-15-30(38)22-29)42(25)34(44)17-19-40-31(24-43)21-26-9-3-2-4-10-26/h2-16,22,25,31,33,35,40,43H,17-21,23-24H2,1H3,(H2,39,45)/t25?,31-,33+,35?/m0/s1. The Bertz CT molecular complexity index is 1660. The molecule has 0 aromatic heterocycles. The van der Waals surface area contributed by atoms with Crippen LogP contribution in [0.2, 0.25) is 5.02 Å². The van der Waals surface area contributed by atoms with Gasteiger partial charge in [0.15, 0.2) is 0 Å². The summed E-state index contributed by atoms with van der Waals surface area (Å²) >= 11 is 6.39. The largest absolute Gasteiger partial charge is 0.395 e. The second kappa shape index (κ2) is 15.4. The van der Waals surface area contributed by atoms with Crippen molar-refractivity contribution in [2.45, 2.75) is 56.8 Å². The molecule has 4 aromatic rings. The molecule has 4 atom stereocenters. The van der Waals surface area contributed by atoms with Gasteiger partial charge in [-0.25, -0.2) is 0 Å². The van der Waals surface area contributed by atoms with Gasteiger partial charge in [-0.2, -0.15) is 0 Å². The van der Waals surface area contributed by atoms with E-state index in [2.05, 4.69) is 5.32 Å². The van der Waals surface area contributed by atoms with E-state index in [1.54, 1.807) is 34.1 Å². The first-order valence-corrected chi connectivity index (χ1v) is 16.2. The van der Waals surface area contributed by atoms with Gasteiger partial charge in [0.25, 0.3) is 5.91 Å². The molecule has 5 rings (SSSR count). The summed E-state index contributed by atoms with van der Waals surface area (Å²) in [5.74, 6) is -1.17. The summed E-state index contributed by atoms with van der Waals surface area (Å²) in [5, 5.41) is 15.7. The molecule has 0 radical (unpaired) electrons. The molecule has 8 nitrogen and oxygen atoms in total. The van der Waals surface area contributed by atoms with Crippen LogP contribution < -0.4 is 11.1 Å². The Morgan fingerprint density at radius 2 is 1.70 bits per heavy atom. The molecule has 240 valence electrons. The first-order valence-electron chi connectivity index (χ1n) is 15.8. The van der Waals surface area contributed by atoms with Crippen LogP contribution in [0, 0.1) is 0 Å². The number of carbonyl (C=O) groups excluding carboxylic acids is 3. The highest BCUT2D eigenvalue weighted by Gasteiger charge is 2.43. The molecular weight excluding hydrogens is 600 g/mol. The number of primary amides is 1. The van der Waals surface area contributed by atoms with Gasteiger partial charge in [0, 0.05) is 43.0 Å². The van der Waals surface area contributed by atoms with E-state index in [0.717, 1.165) is 21.9 Å². The van der Waals surface area contributed by atoms with Gasteiger partial charge >= 0.3 is 0 Å². The van der Waals surface area contributed by atoms with Crippen LogP contribution in [0.4, 0.5) is 0 Å². The molecule has 0 saturated carbocycles. The van der Waals surface area contributed by atoms with Gasteiger partial charge in [-0.3, -0.25) is 14.4 Å². The molecule has 4 N–H and O–H groups in total. The second-order valence-corrected chi connectivity index (χ2v) is 12.4. The average molecular weight is 641 g/mol. The van der Waals surface area contributed by atoms with Crippen molar-refractivity contribution in [3.8, 4) is 0 Å². The first-order chi connectivity index (χ1) is 22.3. The van der Waals surface area contributed by atoms with Gasteiger partial charge in [0.2, 0.25) is 11.8 Å². The van der Waals surface area contributed by atoms with Gasteiger partial charge in [-0.05, 0) is 59.4 Å². The molecule has 3 amide bonds. The number of nitrogens with two attached hydrogens (primary N) is 1. The minimum Gasteiger partial charge on any atom is -0.395 e. The van der Waals surface area contributed by atoms with E-state index in [9.17, 15) is 19.5 Å². The predicted molar refractivity (Wildman–Crippen MR) is 181 cm³/mol. The molecule has 1 fully saturated rings. The van der Waals surface area contributed by atoms with E-state index in [1.165, 1.54) is 0 Å². The maximum Gasteiger partial charge on any atom is 0.250 e. The van der Waals surface area contributed by atoms with Crippen LogP contribution in [0.15, 0.2) is 97.1 Å². The Balaban J connectivity index is 1.40. The van der Waals surface area contributed by atoms with Gasteiger partial charge in [0.1, 0.15) is 12.1 Å². The SMILES string of the molecule is CC1CCN([C@H](Cc2cccc3ccccc23)C(N)=O)C(=O)C(c2cccc(Cl)c2)N1C(=O)CCN[C@H](CO)Cc1ccccc1. The Hall–Kier alpha value is -4.24. The number of carbonyl (C=O) groups is 3. The van der Waals surface area contributed by atoms with Crippen molar-refractivity contribution in [3.05, 3.63) is 119 Å². The van der Waals surface area contributed by atoms with E-state index < -0.39 is 18.0 Å². The van der Waals surface area contributed by atoms with E-state index in [0.29, 0.717) is 30.0 Å². The minimum atomic E-state index is -0.990. The van der Waals surface area contributed by atoms with Gasteiger partial charge in [-0.15, -0.1) is 0 Å². The lowest BCUT2D eigenvalue weighted by Gasteiger charge is -2.36. The summed E-state index contributed by atoms with van der Waals surface area (Å²) < 4.78 is 0. The van der Waals surface area contributed by atoms with Crippen molar-refractivity contribution < 1.29 is 19.5 Å². The van der Waals surface area contributed by atoms with Crippen LogP contribution >= 0.6 is 11.6 Å². The molecule has 0 bridgehead atoms. The third-order valence-corrected chi connectivity index (χ3v) is 9.06. The Kier molecular flexibility index (Phi) is 11.1. The van der Waals surface area contributed by atoms with Crippen molar-refractivity contribution in [3.63, 3.8) is 0 Å². The van der Waals surface area contributed by atoms with E-state index in [1.807, 2.05) is 79.7 Å². The Morgan fingerprint density at radius 3 is 2.43 bits per heavy atom. The molecule has 1 saturated heterocycles. The van der Waals surface area contributed by atoms with Crippen molar-refractivity contribution in [1.29, 1.82) is 0 Å². The van der Waals surface area contributed by atoms with Gasteiger partial charge in [0.05, 0.1) is 6.61 Å². The molecule has 1 aliphatic rings. The average Bonchev–Trinajstić information content (AvgIpc) is 3.18. The highest BCUT2D eigenvalue weighted by molar-refractivity contribution is 6.30. The zero-order valence-corrected chi connectivity index (χ0v) is 26.8. The van der Waals surface area contributed by atoms with E-state index in [-0.39, 0.29) is 49.9 Å². The Morgan fingerprint density at radius 1 is 0.978 bits per heavy atom. The quantitative estimate of drug-likeness (QED) is 0.208. The number of aliphatic hydroxyl groups excluding tert-OH is 1. The minimum absolute atomic E-state index is 0.0764. The third-order valence-electron chi connectivity index (χ3n) is 8.83.